The number of rotatable bonds is 0. The molecule has 1 aromatic rings. The van der Waals surface area contributed by atoms with Gasteiger partial charge in [0, 0.05) is 17.8 Å². The van der Waals surface area contributed by atoms with Crippen LogP contribution in [0.25, 0.3) is 0 Å². The normalized spacial score (nSPS) is 8.80. The molecule has 0 fully saturated rings. The second-order valence-corrected chi connectivity index (χ2v) is 1.95. The maximum absolute atomic E-state index is 10.8. The van der Waals surface area contributed by atoms with Crippen LogP contribution in [0.1, 0.15) is 11.3 Å². The highest BCUT2D eigenvalue weighted by Gasteiger charge is 1.97. The van der Waals surface area contributed by atoms with Crippen LogP contribution in [0.4, 0.5) is 0 Å². The van der Waals surface area contributed by atoms with Gasteiger partial charge in [-0.25, -0.2) is 0 Å². The van der Waals surface area contributed by atoms with Crippen molar-refractivity contribution in [3.8, 4) is 6.07 Å². The second kappa shape index (κ2) is 2.36. The highest BCUT2D eigenvalue weighted by Crippen LogP contribution is 1.92. The minimum atomic E-state index is -0.102. The van der Waals surface area contributed by atoms with Crippen LogP contribution in [-0.2, 0) is 0 Å². The van der Waals surface area contributed by atoms with E-state index in [4.69, 9.17) is 5.26 Å². The molecule has 0 radical (unpaired) electrons. The summed E-state index contributed by atoms with van der Waals surface area (Å²) < 4.78 is 0. The van der Waals surface area contributed by atoms with Crippen LogP contribution in [0.15, 0.2) is 17.1 Å². The van der Waals surface area contributed by atoms with Crippen molar-refractivity contribution in [2.75, 3.05) is 0 Å². The molecule has 0 saturated carbocycles. The quantitative estimate of drug-likeness (QED) is 0.563. The average Bonchev–Trinajstić information content (AvgIpc) is 1.95. The molecule has 0 unspecified atom stereocenters. The van der Waals surface area contributed by atoms with Gasteiger partial charge >= 0.3 is 0 Å². The van der Waals surface area contributed by atoms with E-state index in [1.54, 1.807) is 6.92 Å². The third-order valence-electron chi connectivity index (χ3n) is 1.32. The van der Waals surface area contributed by atoms with Crippen molar-refractivity contribution in [2.45, 2.75) is 6.92 Å². The molecule has 0 aliphatic carbocycles. The lowest BCUT2D eigenvalue weighted by atomic mass is 10.2. The Balaban J connectivity index is 3.46. The lowest BCUT2D eigenvalue weighted by molar-refractivity contribution is 1.18. The number of pyridine rings is 1. The first-order chi connectivity index (χ1) is 4.75. The van der Waals surface area contributed by atoms with Crippen LogP contribution < -0.4 is 5.43 Å². The predicted octanol–water partition coefficient (Wildman–Crippen LogP) is 0.555. The van der Waals surface area contributed by atoms with Crippen LogP contribution >= 0.6 is 0 Å². The zero-order valence-corrected chi connectivity index (χ0v) is 5.51. The summed E-state index contributed by atoms with van der Waals surface area (Å²) in [5.41, 5.74) is 0.716. The molecule has 0 aromatic carbocycles. The summed E-state index contributed by atoms with van der Waals surface area (Å²) >= 11 is 0. The molecule has 3 heteroatoms. The Labute approximate surface area is 57.9 Å². The van der Waals surface area contributed by atoms with Gasteiger partial charge in [-0.1, -0.05) is 0 Å². The Kier molecular flexibility index (Phi) is 1.55. The van der Waals surface area contributed by atoms with E-state index in [0.29, 0.717) is 11.3 Å². The molecule has 1 N–H and O–H groups in total. The van der Waals surface area contributed by atoms with Crippen molar-refractivity contribution in [1.29, 1.82) is 5.26 Å². The summed E-state index contributed by atoms with van der Waals surface area (Å²) in [7, 11) is 0. The summed E-state index contributed by atoms with van der Waals surface area (Å²) in [6.07, 6.45) is 1.47. The van der Waals surface area contributed by atoms with Crippen molar-refractivity contribution in [2.24, 2.45) is 0 Å². The molecule has 0 atom stereocenters. The fraction of sp³-hybridized carbons (Fsp3) is 0.143. The van der Waals surface area contributed by atoms with E-state index < -0.39 is 0 Å². The van der Waals surface area contributed by atoms with Crippen LogP contribution in [-0.4, -0.2) is 4.98 Å². The molecule has 0 saturated heterocycles. The molecule has 0 amide bonds. The molecule has 50 valence electrons. The molecule has 1 rings (SSSR count). The largest absolute Gasteiger partial charge is 0.353 e. The van der Waals surface area contributed by atoms with Crippen molar-refractivity contribution in [3.05, 3.63) is 33.7 Å². The van der Waals surface area contributed by atoms with Gasteiger partial charge in [-0.2, -0.15) is 5.26 Å². The summed E-state index contributed by atoms with van der Waals surface area (Å²) in [4.78, 5) is 13.5. The third kappa shape index (κ3) is 0.914. The molecule has 0 spiro atoms. The lowest BCUT2D eigenvalue weighted by Crippen LogP contribution is -2.06. The van der Waals surface area contributed by atoms with Crippen LogP contribution in [0.3, 0.4) is 0 Å². The van der Waals surface area contributed by atoms with Crippen LogP contribution in [0.2, 0.25) is 0 Å². The minimum Gasteiger partial charge on any atom is -0.353 e. The van der Waals surface area contributed by atoms with E-state index in [1.807, 2.05) is 6.07 Å². The summed E-state index contributed by atoms with van der Waals surface area (Å²) in [5, 5.41) is 8.42. The number of hydrogen-bond acceptors (Lipinski definition) is 2. The van der Waals surface area contributed by atoms with Gasteiger partial charge in [0.15, 0.2) is 5.43 Å². The summed E-state index contributed by atoms with van der Waals surface area (Å²) in [5.74, 6) is 0. The average molecular weight is 134 g/mol. The lowest BCUT2D eigenvalue weighted by Gasteiger charge is -1.91. The highest BCUT2D eigenvalue weighted by molar-refractivity contribution is 5.28. The van der Waals surface area contributed by atoms with E-state index in [1.165, 1.54) is 12.3 Å². The zero-order chi connectivity index (χ0) is 7.56. The number of aromatic amines is 1. The third-order valence-corrected chi connectivity index (χ3v) is 1.32. The Bertz CT molecular complexity index is 332. The van der Waals surface area contributed by atoms with Gasteiger partial charge in [0.05, 0.1) is 0 Å². The summed E-state index contributed by atoms with van der Waals surface area (Å²) in [6, 6.07) is 3.28. The predicted molar refractivity (Wildman–Crippen MR) is 36.5 cm³/mol. The van der Waals surface area contributed by atoms with Gasteiger partial charge < -0.3 is 4.98 Å². The van der Waals surface area contributed by atoms with Crippen molar-refractivity contribution in [3.63, 3.8) is 0 Å². The SMILES string of the molecule is Cc1c(C#N)[nH]ccc1=O. The maximum Gasteiger partial charge on any atom is 0.185 e. The zero-order valence-electron chi connectivity index (χ0n) is 5.51. The van der Waals surface area contributed by atoms with Gasteiger partial charge in [-0.05, 0) is 6.92 Å². The van der Waals surface area contributed by atoms with Gasteiger partial charge in [-0.15, -0.1) is 0 Å². The number of hydrogen-bond donors (Lipinski definition) is 1. The number of nitrogens with zero attached hydrogens (tertiary/aromatic N) is 1. The first-order valence-electron chi connectivity index (χ1n) is 2.84. The number of aromatic nitrogens is 1. The molecule has 0 aliphatic rings. The summed E-state index contributed by atoms with van der Waals surface area (Å²) in [6.45, 7) is 1.62. The molecule has 1 heterocycles. The second-order valence-electron chi connectivity index (χ2n) is 1.95. The molecule has 0 aliphatic heterocycles. The topological polar surface area (TPSA) is 56.6 Å². The smallest absolute Gasteiger partial charge is 0.185 e. The molecular weight excluding hydrogens is 128 g/mol. The fourth-order valence-corrected chi connectivity index (χ4v) is 0.673. The minimum absolute atomic E-state index is 0.102. The Morgan fingerprint density at radius 1 is 1.70 bits per heavy atom. The van der Waals surface area contributed by atoms with E-state index in [2.05, 4.69) is 4.98 Å². The maximum atomic E-state index is 10.8. The van der Waals surface area contributed by atoms with Crippen molar-refractivity contribution < 1.29 is 0 Å². The Hall–Kier alpha value is -1.56. The highest BCUT2D eigenvalue weighted by atomic mass is 16.1. The first-order valence-corrected chi connectivity index (χ1v) is 2.84. The van der Waals surface area contributed by atoms with Gasteiger partial charge in [-0.3, -0.25) is 4.79 Å². The molecular formula is C7H6N2O. The van der Waals surface area contributed by atoms with E-state index in [0.717, 1.165) is 0 Å². The van der Waals surface area contributed by atoms with Crippen molar-refractivity contribution >= 4 is 0 Å². The molecule has 3 nitrogen and oxygen atoms in total. The number of nitriles is 1. The Morgan fingerprint density at radius 2 is 2.40 bits per heavy atom. The van der Waals surface area contributed by atoms with Crippen LogP contribution in [0, 0.1) is 18.3 Å². The van der Waals surface area contributed by atoms with E-state index >= 15 is 0 Å². The van der Waals surface area contributed by atoms with Gasteiger partial charge in [0.2, 0.25) is 0 Å². The standard InChI is InChI=1S/C7H6N2O/c1-5-6(4-8)9-3-2-7(5)10/h2-3H,1H3,(H,9,10). The van der Waals surface area contributed by atoms with E-state index in [9.17, 15) is 4.79 Å². The fourth-order valence-electron chi connectivity index (χ4n) is 0.673. The van der Waals surface area contributed by atoms with E-state index in [-0.39, 0.29) is 5.43 Å². The first kappa shape index (κ1) is 6.56. The Morgan fingerprint density at radius 3 is 2.90 bits per heavy atom. The van der Waals surface area contributed by atoms with Gasteiger partial charge in [0.1, 0.15) is 11.8 Å². The van der Waals surface area contributed by atoms with Crippen LogP contribution in [0.5, 0.6) is 0 Å². The van der Waals surface area contributed by atoms with Gasteiger partial charge in [0.25, 0.3) is 0 Å². The molecule has 0 bridgehead atoms. The molecule has 10 heavy (non-hydrogen) atoms. The van der Waals surface area contributed by atoms with Crippen molar-refractivity contribution in [1.82, 2.24) is 4.98 Å². The molecule has 1 aromatic heterocycles. The number of H-pyrrole nitrogens is 1. The number of nitrogens with one attached hydrogen (secondary N) is 1. The monoisotopic (exact) mass is 134 g/mol.